The van der Waals surface area contributed by atoms with Gasteiger partial charge in [0.1, 0.15) is 0 Å². The highest BCUT2D eigenvalue weighted by Gasteiger charge is 2.37. The van der Waals surface area contributed by atoms with Gasteiger partial charge in [0.25, 0.3) is 0 Å². The predicted octanol–water partition coefficient (Wildman–Crippen LogP) is 3.87. The summed E-state index contributed by atoms with van der Waals surface area (Å²) < 4.78 is 5.28. The molecule has 1 aromatic heterocycles. The van der Waals surface area contributed by atoms with Gasteiger partial charge >= 0.3 is 0 Å². The largest absolute Gasteiger partial charge is 0.355 e. The molecule has 3 rings (SSSR count). The van der Waals surface area contributed by atoms with Crippen LogP contribution in [-0.4, -0.2) is 22.6 Å². The maximum atomic E-state index is 12.7. The van der Waals surface area contributed by atoms with Crippen LogP contribution in [-0.2, 0) is 16.6 Å². The lowest BCUT2D eigenvalue weighted by molar-refractivity contribution is -0.123. The Hall–Kier alpha value is -1.88. The van der Waals surface area contributed by atoms with Crippen LogP contribution in [0, 0.1) is 5.92 Å². The molecule has 1 unspecified atom stereocenters. The Balaban J connectivity index is 1.57. The molecule has 134 valence electrons. The summed E-state index contributed by atoms with van der Waals surface area (Å²) in [5, 5.41) is 7.69. The van der Waals surface area contributed by atoms with Crippen molar-refractivity contribution >= 4 is 17.5 Å². The lowest BCUT2D eigenvalue weighted by Gasteiger charge is -2.16. The van der Waals surface area contributed by atoms with Crippen LogP contribution in [0.4, 0.5) is 0 Å². The molecule has 25 heavy (non-hydrogen) atoms. The zero-order valence-corrected chi connectivity index (χ0v) is 15.6. The molecule has 0 saturated heterocycles. The molecule has 1 aromatic carbocycles. The van der Waals surface area contributed by atoms with Crippen molar-refractivity contribution in [3.05, 3.63) is 46.6 Å². The molecule has 1 amide bonds. The molecule has 1 saturated carbocycles. The lowest BCUT2D eigenvalue weighted by Crippen LogP contribution is -2.32. The van der Waals surface area contributed by atoms with Crippen molar-refractivity contribution in [1.29, 1.82) is 0 Å². The molecule has 2 aromatic rings. The summed E-state index contributed by atoms with van der Waals surface area (Å²) in [6.07, 6.45) is 2.75. The normalized spacial score (nSPS) is 15.8. The molecule has 1 heterocycles. The molecule has 1 aliphatic carbocycles. The summed E-state index contributed by atoms with van der Waals surface area (Å²) in [6, 6.07) is 7.57. The smallest absolute Gasteiger partial charge is 0.232 e. The second-order valence-electron chi connectivity index (χ2n) is 7.67. The van der Waals surface area contributed by atoms with Crippen molar-refractivity contribution in [3.63, 3.8) is 0 Å². The third-order valence-corrected chi connectivity index (χ3v) is 4.61. The molecule has 1 atom stereocenters. The van der Waals surface area contributed by atoms with Crippen LogP contribution in [0.1, 0.15) is 56.8 Å². The molecule has 1 aliphatic rings. The SMILES string of the molecule is CC(C)(C)c1nc(CCNC(=O)C(c2ccc(Cl)cc2)C2CC2)no1. The van der Waals surface area contributed by atoms with E-state index in [9.17, 15) is 4.79 Å². The van der Waals surface area contributed by atoms with Crippen molar-refractivity contribution in [1.82, 2.24) is 15.5 Å². The number of halogens is 1. The molecule has 0 aliphatic heterocycles. The van der Waals surface area contributed by atoms with Gasteiger partial charge in [0.05, 0.1) is 5.92 Å². The van der Waals surface area contributed by atoms with E-state index in [0.717, 1.165) is 18.4 Å². The van der Waals surface area contributed by atoms with E-state index < -0.39 is 0 Å². The molecule has 0 radical (unpaired) electrons. The number of aromatic nitrogens is 2. The first kappa shape index (κ1) is 17.9. The van der Waals surface area contributed by atoms with Gasteiger partial charge in [-0.05, 0) is 36.5 Å². The number of hydrogen-bond donors (Lipinski definition) is 1. The van der Waals surface area contributed by atoms with E-state index in [0.29, 0.717) is 35.6 Å². The number of carbonyl (C=O) groups excluding carboxylic acids is 1. The number of nitrogens with zero attached hydrogens (tertiary/aromatic N) is 2. The molecule has 0 bridgehead atoms. The van der Waals surface area contributed by atoms with Crippen molar-refractivity contribution in [2.45, 2.75) is 51.4 Å². The van der Waals surface area contributed by atoms with E-state index in [-0.39, 0.29) is 17.2 Å². The van der Waals surface area contributed by atoms with Gasteiger partial charge in [-0.2, -0.15) is 4.98 Å². The average molecular weight is 362 g/mol. The van der Waals surface area contributed by atoms with Gasteiger partial charge in [-0.1, -0.05) is 49.7 Å². The number of hydrogen-bond acceptors (Lipinski definition) is 4. The van der Waals surface area contributed by atoms with Crippen LogP contribution < -0.4 is 5.32 Å². The minimum Gasteiger partial charge on any atom is -0.355 e. The zero-order valence-electron chi connectivity index (χ0n) is 14.9. The molecule has 6 heteroatoms. The molecule has 1 fully saturated rings. The molecule has 0 spiro atoms. The van der Waals surface area contributed by atoms with Crippen LogP contribution >= 0.6 is 11.6 Å². The highest BCUT2D eigenvalue weighted by molar-refractivity contribution is 6.30. The number of benzene rings is 1. The maximum Gasteiger partial charge on any atom is 0.232 e. The van der Waals surface area contributed by atoms with Crippen LogP contribution in [0.2, 0.25) is 5.02 Å². The van der Waals surface area contributed by atoms with E-state index >= 15 is 0 Å². The van der Waals surface area contributed by atoms with E-state index in [1.807, 2.05) is 45.0 Å². The Morgan fingerprint density at radius 2 is 2.00 bits per heavy atom. The van der Waals surface area contributed by atoms with Gasteiger partial charge in [0, 0.05) is 23.4 Å². The summed E-state index contributed by atoms with van der Waals surface area (Å²) in [6.45, 7) is 6.58. The topological polar surface area (TPSA) is 68.0 Å². The fourth-order valence-electron chi connectivity index (χ4n) is 2.80. The number of carbonyl (C=O) groups is 1. The number of rotatable bonds is 6. The predicted molar refractivity (Wildman–Crippen MR) is 96.6 cm³/mol. The van der Waals surface area contributed by atoms with Gasteiger partial charge < -0.3 is 9.84 Å². The molecule has 1 N–H and O–H groups in total. The fraction of sp³-hybridized carbons (Fsp3) is 0.526. The van der Waals surface area contributed by atoms with E-state index in [1.54, 1.807) is 0 Å². The summed E-state index contributed by atoms with van der Waals surface area (Å²) in [4.78, 5) is 17.1. The van der Waals surface area contributed by atoms with E-state index in [2.05, 4.69) is 15.5 Å². The Morgan fingerprint density at radius 1 is 1.32 bits per heavy atom. The first-order valence-corrected chi connectivity index (χ1v) is 9.08. The minimum absolute atomic E-state index is 0.0596. The minimum atomic E-state index is -0.167. The first-order chi connectivity index (χ1) is 11.8. The molecular formula is C19H24ClN3O2. The molecular weight excluding hydrogens is 338 g/mol. The summed E-state index contributed by atoms with van der Waals surface area (Å²) in [5.41, 5.74) is 0.860. The van der Waals surface area contributed by atoms with E-state index in [1.165, 1.54) is 0 Å². The Labute approximate surface area is 153 Å². The van der Waals surface area contributed by atoms with Gasteiger partial charge in [0.15, 0.2) is 5.82 Å². The standard InChI is InChI=1S/C19H24ClN3O2/c1-19(2,3)18-22-15(23-25-18)10-11-21-17(24)16(12-4-5-12)13-6-8-14(20)9-7-13/h6-9,12,16H,4-5,10-11H2,1-3H3,(H,21,24). The average Bonchev–Trinajstić information content (AvgIpc) is 3.25. The Morgan fingerprint density at radius 3 is 2.56 bits per heavy atom. The summed E-state index contributed by atoms with van der Waals surface area (Å²) in [5.74, 6) is 1.63. The van der Waals surface area contributed by atoms with Crippen molar-refractivity contribution in [3.8, 4) is 0 Å². The van der Waals surface area contributed by atoms with E-state index in [4.69, 9.17) is 16.1 Å². The third kappa shape index (κ3) is 4.60. The zero-order chi connectivity index (χ0) is 18.0. The quantitative estimate of drug-likeness (QED) is 0.847. The monoisotopic (exact) mass is 361 g/mol. The Kier molecular flexibility index (Phi) is 5.13. The third-order valence-electron chi connectivity index (χ3n) is 4.36. The fourth-order valence-corrected chi connectivity index (χ4v) is 2.93. The highest BCUT2D eigenvalue weighted by Crippen LogP contribution is 2.42. The lowest BCUT2D eigenvalue weighted by atomic mass is 9.93. The highest BCUT2D eigenvalue weighted by atomic mass is 35.5. The van der Waals surface area contributed by atoms with Crippen LogP contribution in [0.25, 0.3) is 0 Å². The van der Waals surface area contributed by atoms with Crippen LogP contribution in [0.3, 0.4) is 0 Å². The van der Waals surface area contributed by atoms with Gasteiger partial charge in [-0.25, -0.2) is 0 Å². The summed E-state index contributed by atoms with van der Waals surface area (Å²) >= 11 is 5.95. The second kappa shape index (κ2) is 7.16. The Bertz CT molecular complexity index is 730. The van der Waals surface area contributed by atoms with Crippen LogP contribution in [0.15, 0.2) is 28.8 Å². The van der Waals surface area contributed by atoms with Gasteiger partial charge in [-0.15, -0.1) is 0 Å². The van der Waals surface area contributed by atoms with Crippen molar-refractivity contribution in [2.75, 3.05) is 6.54 Å². The molecule has 5 nitrogen and oxygen atoms in total. The first-order valence-electron chi connectivity index (χ1n) is 8.71. The second-order valence-corrected chi connectivity index (χ2v) is 8.11. The number of nitrogens with one attached hydrogen (secondary N) is 1. The van der Waals surface area contributed by atoms with Crippen molar-refractivity contribution in [2.24, 2.45) is 5.92 Å². The number of amides is 1. The van der Waals surface area contributed by atoms with Crippen molar-refractivity contribution < 1.29 is 9.32 Å². The van der Waals surface area contributed by atoms with Gasteiger partial charge in [0.2, 0.25) is 11.8 Å². The van der Waals surface area contributed by atoms with Gasteiger partial charge in [-0.3, -0.25) is 4.79 Å². The maximum absolute atomic E-state index is 12.7. The summed E-state index contributed by atoms with van der Waals surface area (Å²) in [7, 11) is 0. The van der Waals surface area contributed by atoms with Crippen LogP contribution in [0.5, 0.6) is 0 Å².